The first kappa shape index (κ1) is 20.1. The van der Waals surface area contributed by atoms with Crippen LogP contribution in [0, 0.1) is 28.6 Å². The van der Waals surface area contributed by atoms with Gasteiger partial charge >= 0.3 is 0 Å². The zero-order chi connectivity index (χ0) is 20.2. The summed E-state index contributed by atoms with van der Waals surface area (Å²) in [6.45, 7) is 10.0. The number of fused-ring (bicyclic) bond motifs is 5. The monoisotopic (exact) mass is 388 g/mol. The van der Waals surface area contributed by atoms with E-state index in [1.165, 1.54) is 0 Å². The van der Waals surface area contributed by atoms with Crippen molar-refractivity contribution in [3.8, 4) is 0 Å². The van der Waals surface area contributed by atoms with Crippen molar-refractivity contribution in [3.63, 3.8) is 0 Å². The minimum Gasteiger partial charge on any atom is -0.396 e. The van der Waals surface area contributed by atoms with Crippen LogP contribution in [-0.4, -0.2) is 35.4 Å². The highest BCUT2D eigenvalue weighted by Crippen LogP contribution is 2.67. The van der Waals surface area contributed by atoms with Crippen LogP contribution in [0.3, 0.4) is 0 Å². The van der Waals surface area contributed by atoms with Gasteiger partial charge in [0.25, 0.3) is 0 Å². The van der Waals surface area contributed by atoms with Crippen LogP contribution in [0.15, 0.2) is 17.3 Å². The molecule has 4 aliphatic carbocycles. The molecule has 6 atom stereocenters. The van der Waals surface area contributed by atoms with Gasteiger partial charge in [0.2, 0.25) is 0 Å². The summed E-state index contributed by atoms with van der Waals surface area (Å²) in [5.41, 5.74) is 6.49. The highest BCUT2D eigenvalue weighted by atomic mass is 16.6. The molecule has 1 unspecified atom stereocenters. The Morgan fingerprint density at radius 2 is 2.00 bits per heavy atom. The molecule has 5 nitrogen and oxygen atoms in total. The van der Waals surface area contributed by atoms with Crippen molar-refractivity contribution in [3.05, 3.63) is 12.2 Å². The zero-order valence-corrected chi connectivity index (χ0v) is 17.5. The lowest BCUT2D eigenvalue weighted by Crippen LogP contribution is -2.63. The maximum atomic E-state index is 12.6. The topological polar surface area (TPSA) is 84.9 Å². The summed E-state index contributed by atoms with van der Waals surface area (Å²) in [6, 6.07) is 0. The van der Waals surface area contributed by atoms with Crippen LogP contribution < -0.4 is 5.73 Å². The molecule has 0 aromatic rings. The predicted octanol–water partition coefficient (Wildman–Crippen LogP) is 3.60. The summed E-state index contributed by atoms with van der Waals surface area (Å²) >= 11 is 0. The molecule has 0 aliphatic heterocycles. The van der Waals surface area contributed by atoms with Crippen molar-refractivity contribution in [2.45, 2.75) is 77.2 Å². The number of carbonyl (C=O) groups excluding carboxylic acids is 1. The van der Waals surface area contributed by atoms with E-state index in [-0.39, 0.29) is 10.8 Å². The van der Waals surface area contributed by atoms with Gasteiger partial charge in [-0.3, -0.25) is 4.79 Å². The largest absolute Gasteiger partial charge is 0.396 e. The fourth-order valence-electron chi connectivity index (χ4n) is 7.11. The number of ketones is 1. The Bertz CT molecular complexity index is 704. The van der Waals surface area contributed by atoms with E-state index < -0.39 is 5.60 Å². The van der Waals surface area contributed by atoms with Crippen molar-refractivity contribution in [1.82, 2.24) is 0 Å². The summed E-state index contributed by atoms with van der Waals surface area (Å²) in [5.74, 6) is 1.63. The van der Waals surface area contributed by atoms with Gasteiger partial charge in [0, 0.05) is 23.7 Å². The number of rotatable bonds is 4. The molecule has 0 aromatic heterocycles. The molecule has 4 saturated carbocycles. The maximum absolute atomic E-state index is 12.6. The highest BCUT2D eigenvalue weighted by molar-refractivity contribution is 5.87. The van der Waals surface area contributed by atoms with Crippen molar-refractivity contribution >= 4 is 11.5 Å². The fraction of sp³-hybridized carbons (Fsp3) is 0.826. The molecule has 0 spiro atoms. The second kappa shape index (κ2) is 6.94. The number of Topliss-reactive ketones (excluding diaryl/α,β-unsaturated/α-hetero) is 1. The van der Waals surface area contributed by atoms with Crippen LogP contribution in [0.1, 0.15) is 71.6 Å². The van der Waals surface area contributed by atoms with Gasteiger partial charge in [-0.15, -0.1) is 0 Å². The SMILES string of the molecule is C=C1CC2(O)CC(=NOCCCN)CC[C@]2(C)[C@@H]2CC[C@]3(C)C(=O)CC[C@H]3[C@H]12. The van der Waals surface area contributed by atoms with Crippen LogP contribution in [-0.2, 0) is 9.63 Å². The molecule has 0 bridgehead atoms. The van der Waals surface area contributed by atoms with Crippen molar-refractivity contribution < 1.29 is 14.7 Å². The Morgan fingerprint density at radius 3 is 2.75 bits per heavy atom. The highest BCUT2D eigenvalue weighted by Gasteiger charge is 2.65. The minimum absolute atomic E-state index is 0.151. The molecule has 3 N–H and O–H groups in total. The fourth-order valence-corrected chi connectivity index (χ4v) is 7.11. The molecule has 5 heteroatoms. The number of nitrogens with two attached hydrogens (primary N) is 1. The third-order valence-corrected chi connectivity index (χ3v) is 8.91. The molecular formula is C23H36N2O3. The molecule has 4 fully saturated rings. The van der Waals surface area contributed by atoms with Crippen LogP contribution in [0.5, 0.6) is 0 Å². The average Bonchev–Trinajstić information content (AvgIpc) is 2.95. The Labute approximate surface area is 168 Å². The Morgan fingerprint density at radius 1 is 1.21 bits per heavy atom. The molecule has 0 saturated heterocycles. The predicted molar refractivity (Wildman–Crippen MR) is 110 cm³/mol. The third-order valence-electron chi connectivity index (χ3n) is 8.91. The second-order valence-corrected chi connectivity index (χ2v) is 10.3. The van der Waals surface area contributed by atoms with E-state index in [4.69, 9.17) is 10.6 Å². The quantitative estimate of drug-likeness (QED) is 0.438. The molecule has 28 heavy (non-hydrogen) atoms. The van der Waals surface area contributed by atoms with E-state index in [1.807, 2.05) is 0 Å². The first-order valence-corrected chi connectivity index (χ1v) is 11.1. The maximum Gasteiger partial charge on any atom is 0.139 e. The number of aliphatic hydroxyl groups is 1. The molecule has 156 valence electrons. The molecule has 0 aromatic carbocycles. The van der Waals surface area contributed by atoms with Gasteiger partial charge in [0.1, 0.15) is 12.4 Å². The number of carbonyl (C=O) groups is 1. The number of hydrogen-bond acceptors (Lipinski definition) is 5. The van der Waals surface area contributed by atoms with E-state index in [9.17, 15) is 9.90 Å². The summed E-state index contributed by atoms with van der Waals surface area (Å²) in [6.07, 6.45) is 7.45. The van der Waals surface area contributed by atoms with Gasteiger partial charge in [-0.2, -0.15) is 0 Å². The molecule has 0 heterocycles. The summed E-state index contributed by atoms with van der Waals surface area (Å²) in [4.78, 5) is 18.0. The van der Waals surface area contributed by atoms with E-state index >= 15 is 0 Å². The summed E-state index contributed by atoms with van der Waals surface area (Å²) in [5, 5.41) is 16.1. The van der Waals surface area contributed by atoms with Crippen LogP contribution in [0.4, 0.5) is 0 Å². The lowest BCUT2D eigenvalue weighted by Gasteiger charge is -2.63. The van der Waals surface area contributed by atoms with Gasteiger partial charge in [-0.25, -0.2) is 0 Å². The number of hydrogen-bond donors (Lipinski definition) is 2. The van der Waals surface area contributed by atoms with Crippen molar-refractivity contribution in [2.24, 2.45) is 39.5 Å². The molecule has 4 aliphatic rings. The lowest BCUT2D eigenvalue weighted by atomic mass is 9.43. The second-order valence-electron chi connectivity index (χ2n) is 10.3. The normalized spacial score (nSPS) is 46.9. The molecular weight excluding hydrogens is 352 g/mol. The Kier molecular flexibility index (Phi) is 4.98. The minimum atomic E-state index is -0.810. The van der Waals surface area contributed by atoms with Crippen LogP contribution in [0.25, 0.3) is 0 Å². The van der Waals surface area contributed by atoms with Gasteiger partial charge in [0.05, 0.1) is 11.3 Å². The first-order chi connectivity index (χ1) is 13.2. The first-order valence-electron chi connectivity index (χ1n) is 11.1. The van der Waals surface area contributed by atoms with Crippen molar-refractivity contribution in [1.29, 1.82) is 0 Å². The van der Waals surface area contributed by atoms with E-state index in [0.29, 0.717) is 49.5 Å². The van der Waals surface area contributed by atoms with Gasteiger partial charge in [0.15, 0.2) is 0 Å². The number of oxime groups is 1. The number of nitrogens with zero attached hydrogens (tertiary/aromatic N) is 1. The summed E-state index contributed by atoms with van der Waals surface area (Å²) < 4.78 is 0. The summed E-state index contributed by atoms with van der Waals surface area (Å²) in [7, 11) is 0. The van der Waals surface area contributed by atoms with E-state index in [1.54, 1.807) is 0 Å². The third kappa shape index (κ3) is 2.80. The molecule has 4 rings (SSSR count). The van der Waals surface area contributed by atoms with Crippen LogP contribution >= 0.6 is 0 Å². The van der Waals surface area contributed by atoms with Gasteiger partial charge in [-0.1, -0.05) is 31.2 Å². The molecule has 0 amide bonds. The lowest BCUT2D eigenvalue weighted by molar-refractivity contribution is -0.170. The molecule has 0 radical (unpaired) electrons. The Hall–Kier alpha value is -1.20. The average molecular weight is 389 g/mol. The van der Waals surface area contributed by atoms with E-state index in [0.717, 1.165) is 56.2 Å². The standard InChI is InChI=1S/C23H36N2O3/c1-15-13-23(27)14-16(25-28-12-4-11-24)7-10-22(23,3)18-8-9-21(2)17(20(15)18)5-6-19(21)26/h17-18,20,27H,1,4-14,24H2,2-3H3/t17-,18+,20-,21-,22+,23?/m0/s1. The van der Waals surface area contributed by atoms with E-state index in [2.05, 4.69) is 25.6 Å². The zero-order valence-electron chi connectivity index (χ0n) is 17.5. The van der Waals surface area contributed by atoms with Gasteiger partial charge < -0.3 is 15.7 Å². The van der Waals surface area contributed by atoms with Crippen molar-refractivity contribution in [2.75, 3.05) is 13.2 Å². The smallest absolute Gasteiger partial charge is 0.139 e. The Balaban J connectivity index is 1.58. The van der Waals surface area contributed by atoms with Crippen LogP contribution in [0.2, 0.25) is 0 Å². The van der Waals surface area contributed by atoms with Gasteiger partial charge in [-0.05, 0) is 69.2 Å².